The summed E-state index contributed by atoms with van der Waals surface area (Å²) in [6, 6.07) is 7.68. The van der Waals surface area contributed by atoms with Crippen LogP contribution < -0.4 is 10.5 Å². The van der Waals surface area contributed by atoms with Crippen LogP contribution in [0.15, 0.2) is 36.9 Å². The fourth-order valence-electron chi connectivity index (χ4n) is 3.34. The quantitative estimate of drug-likeness (QED) is 0.629. The van der Waals surface area contributed by atoms with Gasteiger partial charge in [-0.1, -0.05) is 5.10 Å². The molecule has 0 spiro atoms. The minimum atomic E-state index is -0.133. The van der Waals surface area contributed by atoms with Gasteiger partial charge < -0.3 is 19.9 Å². The van der Waals surface area contributed by atoms with E-state index in [1.165, 1.54) is 6.33 Å². The number of nitrogens with zero attached hydrogens (tertiary/aromatic N) is 7. The van der Waals surface area contributed by atoms with E-state index >= 15 is 0 Å². The van der Waals surface area contributed by atoms with Crippen molar-refractivity contribution in [3.05, 3.63) is 36.9 Å². The first kappa shape index (κ1) is 15.4. The average Bonchev–Trinajstić information content (AvgIpc) is 3.42. The maximum absolute atomic E-state index is 5.86. The topological polar surface area (TPSA) is 130 Å². The molecule has 2 aromatic heterocycles. The second kappa shape index (κ2) is 6.12. The summed E-state index contributed by atoms with van der Waals surface area (Å²) >= 11 is 0. The summed E-state index contributed by atoms with van der Waals surface area (Å²) in [6.07, 6.45) is 2.97. The first-order chi connectivity index (χ1) is 12.8. The first-order valence-electron chi connectivity index (χ1n) is 8.26. The van der Waals surface area contributed by atoms with Crippen LogP contribution in [0.3, 0.4) is 0 Å². The first-order valence-corrected chi connectivity index (χ1v) is 8.26. The van der Waals surface area contributed by atoms with Gasteiger partial charge in [-0.3, -0.25) is 0 Å². The standard InChI is InChI=1S/C15H16N8O3/c16-11-5-24-14-12(6-25-13(11)14)23-15(19-20-21-23)26-10-3-1-9(2-4-10)22-8-17-7-18-22/h1-4,7-8,11-14H,5-6,16H2/p+1/t11-,12-,13+,14+/m0/s1. The van der Waals surface area contributed by atoms with Crippen molar-refractivity contribution in [2.24, 2.45) is 0 Å². The lowest BCUT2D eigenvalue weighted by Gasteiger charge is -2.16. The minimum Gasteiger partial charge on any atom is -0.423 e. The van der Waals surface area contributed by atoms with Crippen molar-refractivity contribution in [1.29, 1.82) is 0 Å². The Morgan fingerprint density at radius 2 is 1.96 bits per heavy atom. The maximum Gasteiger partial charge on any atom is 0.341 e. The van der Waals surface area contributed by atoms with Gasteiger partial charge in [-0.05, 0) is 34.7 Å². The molecule has 4 atom stereocenters. The molecule has 2 aliphatic heterocycles. The molecule has 26 heavy (non-hydrogen) atoms. The zero-order valence-electron chi connectivity index (χ0n) is 13.8. The van der Waals surface area contributed by atoms with Crippen LogP contribution in [-0.2, 0) is 9.47 Å². The molecule has 0 saturated carbocycles. The molecule has 134 valence electrons. The molecule has 0 radical (unpaired) electrons. The Morgan fingerprint density at radius 3 is 2.77 bits per heavy atom. The van der Waals surface area contributed by atoms with Crippen LogP contribution in [0.1, 0.15) is 6.04 Å². The fraction of sp³-hybridized carbons (Fsp3) is 0.400. The third-order valence-corrected chi connectivity index (χ3v) is 4.64. The van der Waals surface area contributed by atoms with Crippen molar-refractivity contribution < 1.29 is 19.9 Å². The van der Waals surface area contributed by atoms with Crippen LogP contribution in [0.2, 0.25) is 0 Å². The van der Waals surface area contributed by atoms with E-state index in [1.807, 2.05) is 24.3 Å². The van der Waals surface area contributed by atoms with Gasteiger partial charge in [0.05, 0.1) is 12.3 Å². The zero-order chi connectivity index (χ0) is 17.5. The van der Waals surface area contributed by atoms with Crippen LogP contribution in [0, 0.1) is 0 Å². The Kier molecular flexibility index (Phi) is 3.62. The Hall–Kier alpha value is -2.89. The number of tetrazole rings is 1. The van der Waals surface area contributed by atoms with E-state index in [9.17, 15) is 0 Å². The van der Waals surface area contributed by atoms with E-state index in [0.29, 0.717) is 25.0 Å². The highest BCUT2D eigenvalue weighted by molar-refractivity contribution is 5.37. The summed E-state index contributed by atoms with van der Waals surface area (Å²) in [5.74, 6) is 0.614. The van der Waals surface area contributed by atoms with Gasteiger partial charge in [0.25, 0.3) is 0 Å². The van der Waals surface area contributed by atoms with Gasteiger partial charge in [0.15, 0.2) is 0 Å². The van der Waals surface area contributed by atoms with E-state index in [2.05, 4.69) is 31.3 Å². The summed E-state index contributed by atoms with van der Waals surface area (Å²) in [5.41, 5.74) is 4.94. The third kappa shape index (κ3) is 2.53. The summed E-state index contributed by atoms with van der Waals surface area (Å²) in [6.45, 7) is 1.04. The summed E-state index contributed by atoms with van der Waals surface area (Å²) in [7, 11) is 0. The third-order valence-electron chi connectivity index (χ3n) is 4.64. The monoisotopic (exact) mass is 357 g/mol. The molecule has 3 aromatic rings. The summed E-state index contributed by atoms with van der Waals surface area (Å²) < 4.78 is 20.8. The molecule has 11 nitrogen and oxygen atoms in total. The van der Waals surface area contributed by atoms with Crippen molar-refractivity contribution in [3.8, 4) is 17.4 Å². The van der Waals surface area contributed by atoms with E-state index in [0.717, 1.165) is 5.69 Å². The van der Waals surface area contributed by atoms with Gasteiger partial charge in [0.2, 0.25) is 0 Å². The maximum atomic E-state index is 5.86. The molecule has 4 heterocycles. The predicted molar refractivity (Wildman–Crippen MR) is 84.4 cm³/mol. The van der Waals surface area contributed by atoms with Gasteiger partial charge in [0, 0.05) is 0 Å². The van der Waals surface area contributed by atoms with Crippen LogP contribution in [-0.4, -0.2) is 66.4 Å². The molecule has 2 fully saturated rings. The fourth-order valence-corrected chi connectivity index (χ4v) is 3.34. The number of rotatable bonds is 4. The van der Waals surface area contributed by atoms with Gasteiger partial charge in [0.1, 0.15) is 49.3 Å². The van der Waals surface area contributed by atoms with Gasteiger partial charge in [-0.25, -0.2) is 9.67 Å². The molecular weight excluding hydrogens is 340 g/mol. The highest BCUT2D eigenvalue weighted by Gasteiger charge is 2.50. The minimum absolute atomic E-state index is 0.0287. The van der Waals surface area contributed by atoms with Crippen LogP contribution >= 0.6 is 0 Å². The molecule has 2 saturated heterocycles. The van der Waals surface area contributed by atoms with Crippen molar-refractivity contribution in [2.75, 3.05) is 13.2 Å². The largest absolute Gasteiger partial charge is 0.423 e. The van der Waals surface area contributed by atoms with Crippen molar-refractivity contribution in [3.63, 3.8) is 0 Å². The molecule has 0 bridgehead atoms. The molecule has 5 rings (SSSR count). The van der Waals surface area contributed by atoms with Crippen molar-refractivity contribution in [1.82, 2.24) is 35.0 Å². The lowest BCUT2D eigenvalue weighted by molar-refractivity contribution is -0.430. The lowest BCUT2D eigenvalue weighted by Crippen LogP contribution is -2.66. The number of hydrogen-bond donors (Lipinski definition) is 1. The second-order valence-corrected chi connectivity index (χ2v) is 6.27. The summed E-state index contributed by atoms with van der Waals surface area (Å²) in [4.78, 5) is 3.93. The Labute approximate surface area is 147 Å². The Bertz CT molecular complexity index is 881. The lowest BCUT2D eigenvalue weighted by atomic mass is 10.1. The average molecular weight is 357 g/mol. The van der Waals surface area contributed by atoms with Gasteiger partial charge >= 0.3 is 6.01 Å². The molecule has 3 N–H and O–H groups in total. The number of fused-ring (bicyclic) bond motifs is 1. The molecular formula is C15H17N8O3+. The van der Waals surface area contributed by atoms with Crippen LogP contribution in [0.25, 0.3) is 5.69 Å². The molecule has 11 heteroatoms. The van der Waals surface area contributed by atoms with E-state index in [4.69, 9.17) is 14.2 Å². The predicted octanol–water partition coefficient (Wildman–Crippen LogP) is -1.00. The molecule has 0 unspecified atom stereocenters. The summed E-state index contributed by atoms with van der Waals surface area (Å²) in [5, 5.41) is 15.9. The molecule has 0 aliphatic carbocycles. The number of ether oxygens (including phenoxy) is 3. The van der Waals surface area contributed by atoms with Crippen molar-refractivity contribution >= 4 is 0 Å². The number of aromatic nitrogens is 7. The molecule has 1 aromatic carbocycles. The normalized spacial score (nSPS) is 27.6. The zero-order valence-corrected chi connectivity index (χ0v) is 13.8. The number of benzene rings is 1. The Balaban J connectivity index is 1.35. The highest BCUT2D eigenvalue weighted by Crippen LogP contribution is 2.34. The van der Waals surface area contributed by atoms with Gasteiger partial charge in [-0.15, -0.1) is 0 Å². The molecule has 2 aliphatic rings. The second-order valence-electron chi connectivity index (χ2n) is 6.27. The Morgan fingerprint density at radius 1 is 1.12 bits per heavy atom. The molecule has 0 amide bonds. The highest BCUT2D eigenvalue weighted by atomic mass is 16.6. The number of hydrogen-bond acceptors (Lipinski definition) is 8. The van der Waals surface area contributed by atoms with Gasteiger partial charge in [-0.2, -0.15) is 9.78 Å². The van der Waals surface area contributed by atoms with Crippen LogP contribution in [0.4, 0.5) is 0 Å². The van der Waals surface area contributed by atoms with Crippen molar-refractivity contribution in [2.45, 2.75) is 24.3 Å². The van der Waals surface area contributed by atoms with E-state index in [-0.39, 0.29) is 24.3 Å². The van der Waals surface area contributed by atoms with E-state index < -0.39 is 0 Å². The SMILES string of the molecule is [NH3+][C@H]1CO[C@H]2[C@@H]1OC[C@@H]2n1nnnc1Oc1ccc(-n2cncn2)cc1. The smallest absolute Gasteiger partial charge is 0.341 e. The van der Waals surface area contributed by atoms with E-state index in [1.54, 1.807) is 15.7 Å². The van der Waals surface area contributed by atoms with Crippen LogP contribution in [0.5, 0.6) is 11.8 Å². The number of quaternary nitrogens is 1.